The summed E-state index contributed by atoms with van der Waals surface area (Å²) in [6.07, 6.45) is 0.459. The Hall–Kier alpha value is -3.62. The highest BCUT2D eigenvalue weighted by atomic mass is 19.1. The Morgan fingerprint density at radius 2 is 1.94 bits per heavy atom. The zero-order valence-corrected chi connectivity index (χ0v) is 18.0. The van der Waals surface area contributed by atoms with E-state index in [1.54, 1.807) is 6.07 Å². The van der Waals surface area contributed by atoms with Crippen molar-refractivity contribution in [3.05, 3.63) is 65.0 Å². The fourth-order valence-corrected chi connectivity index (χ4v) is 3.01. The molecule has 0 aliphatic heterocycles. The molecule has 2 amide bonds. The van der Waals surface area contributed by atoms with E-state index in [0.29, 0.717) is 35.5 Å². The molecule has 0 aliphatic carbocycles. The average molecular weight is 442 g/mol. The van der Waals surface area contributed by atoms with Crippen molar-refractivity contribution in [2.45, 2.75) is 39.5 Å². The van der Waals surface area contributed by atoms with Crippen LogP contribution in [0.3, 0.4) is 0 Å². The van der Waals surface area contributed by atoms with Crippen molar-refractivity contribution in [2.24, 2.45) is 0 Å². The SMILES string of the molecule is Cc1cccc(-c2nc(C(C)C)no2)c1NC(=O)CCCNC(=O)c1ccc(F)cc1F. The van der Waals surface area contributed by atoms with E-state index in [9.17, 15) is 18.4 Å². The van der Waals surface area contributed by atoms with E-state index in [1.807, 2.05) is 32.9 Å². The molecule has 2 N–H and O–H groups in total. The first-order valence-corrected chi connectivity index (χ1v) is 10.2. The Morgan fingerprint density at radius 3 is 2.62 bits per heavy atom. The van der Waals surface area contributed by atoms with Gasteiger partial charge in [0.15, 0.2) is 5.82 Å². The molecule has 0 fully saturated rings. The van der Waals surface area contributed by atoms with Crippen LogP contribution in [0.1, 0.15) is 54.4 Å². The zero-order chi connectivity index (χ0) is 23.3. The third-order valence-corrected chi connectivity index (χ3v) is 4.77. The number of rotatable bonds is 8. The van der Waals surface area contributed by atoms with Crippen LogP contribution < -0.4 is 10.6 Å². The predicted molar refractivity (Wildman–Crippen MR) is 115 cm³/mol. The Balaban J connectivity index is 1.57. The third kappa shape index (κ3) is 5.54. The maximum Gasteiger partial charge on any atom is 0.260 e. The van der Waals surface area contributed by atoms with E-state index < -0.39 is 17.5 Å². The van der Waals surface area contributed by atoms with E-state index >= 15 is 0 Å². The van der Waals surface area contributed by atoms with Crippen molar-refractivity contribution in [1.29, 1.82) is 0 Å². The van der Waals surface area contributed by atoms with Crippen LogP contribution in [-0.4, -0.2) is 28.5 Å². The summed E-state index contributed by atoms with van der Waals surface area (Å²) < 4.78 is 32.0. The van der Waals surface area contributed by atoms with Crippen LogP contribution in [0, 0.1) is 18.6 Å². The number of hydrogen-bond acceptors (Lipinski definition) is 5. The van der Waals surface area contributed by atoms with Crippen LogP contribution >= 0.6 is 0 Å². The number of amides is 2. The molecule has 2 aromatic carbocycles. The molecular weight excluding hydrogens is 418 g/mol. The molecule has 1 aromatic heterocycles. The van der Waals surface area contributed by atoms with E-state index in [1.165, 1.54) is 0 Å². The van der Waals surface area contributed by atoms with Gasteiger partial charge in [-0.3, -0.25) is 9.59 Å². The number of benzene rings is 2. The van der Waals surface area contributed by atoms with Gasteiger partial charge < -0.3 is 15.2 Å². The van der Waals surface area contributed by atoms with Crippen LogP contribution in [0.15, 0.2) is 40.9 Å². The highest BCUT2D eigenvalue weighted by molar-refractivity contribution is 5.96. The van der Waals surface area contributed by atoms with Crippen molar-refractivity contribution in [3.63, 3.8) is 0 Å². The van der Waals surface area contributed by atoms with Gasteiger partial charge >= 0.3 is 0 Å². The average Bonchev–Trinajstić information content (AvgIpc) is 3.23. The highest BCUT2D eigenvalue weighted by Crippen LogP contribution is 2.30. The molecule has 3 rings (SSSR count). The zero-order valence-electron chi connectivity index (χ0n) is 18.0. The summed E-state index contributed by atoms with van der Waals surface area (Å²) in [6, 6.07) is 8.22. The maximum absolute atomic E-state index is 13.7. The molecule has 0 unspecified atom stereocenters. The van der Waals surface area contributed by atoms with Crippen molar-refractivity contribution in [3.8, 4) is 11.5 Å². The molecule has 1 heterocycles. The van der Waals surface area contributed by atoms with Crippen LogP contribution in [-0.2, 0) is 4.79 Å². The first-order valence-electron chi connectivity index (χ1n) is 10.2. The van der Waals surface area contributed by atoms with E-state index in [2.05, 4.69) is 20.8 Å². The van der Waals surface area contributed by atoms with Crippen LogP contribution in [0.25, 0.3) is 11.5 Å². The maximum atomic E-state index is 13.7. The summed E-state index contributed by atoms with van der Waals surface area (Å²) in [5.74, 6) is -1.61. The summed E-state index contributed by atoms with van der Waals surface area (Å²) in [6.45, 7) is 5.93. The van der Waals surface area contributed by atoms with E-state index in [4.69, 9.17) is 4.52 Å². The lowest BCUT2D eigenvalue weighted by atomic mass is 10.1. The van der Waals surface area contributed by atoms with Crippen molar-refractivity contribution in [2.75, 3.05) is 11.9 Å². The second-order valence-electron chi connectivity index (χ2n) is 7.64. The van der Waals surface area contributed by atoms with Gasteiger partial charge in [-0.2, -0.15) is 4.98 Å². The summed E-state index contributed by atoms with van der Waals surface area (Å²) >= 11 is 0. The quantitative estimate of drug-likeness (QED) is 0.497. The van der Waals surface area contributed by atoms with E-state index in [-0.39, 0.29) is 30.4 Å². The lowest BCUT2D eigenvalue weighted by molar-refractivity contribution is -0.116. The minimum Gasteiger partial charge on any atom is -0.352 e. The number of aromatic nitrogens is 2. The van der Waals surface area contributed by atoms with Crippen LogP contribution in [0.5, 0.6) is 0 Å². The number of nitrogens with one attached hydrogen (secondary N) is 2. The van der Waals surface area contributed by atoms with Gasteiger partial charge in [0.25, 0.3) is 11.8 Å². The number of nitrogens with zero attached hydrogens (tertiary/aromatic N) is 2. The molecule has 7 nitrogen and oxygen atoms in total. The van der Waals surface area contributed by atoms with Crippen molar-refractivity contribution >= 4 is 17.5 Å². The molecule has 9 heteroatoms. The lowest BCUT2D eigenvalue weighted by Crippen LogP contribution is -2.26. The number of para-hydroxylation sites is 1. The first-order chi connectivity index (χ1) is 15.3. The Kier molecular flexibility index (Phi) is 7.29. The minimum atomic E-state index is -0.936. The molecule has 0 saturated heterocycles. The molecule has 0 atom stereocenters. The van der Waals surface area contributed by atoms with Gasteiger partial charge in [0.1, 0.15) is 11.6 Å². The number of carbonyl (C=O) groups is 2. The molecule has 3 aromatic rings. The van der Waals surface area contributed by atoms with Crippen molar-refractivity contribution < 1.29 is 22.9 Å². The minimum absolute atomic E-state index is 0.106. The summed E-state index contributed by atoms with van der Waals surface area (Å²) in [7, 11) is 0. The standard InChI is InChI=1S/C23H24F2N4O3/c1-13(2)21-28-23(32-29-21)17-7-4-6-14(3)20(17)27-19(30)8-5-11-26-22(31)16-10-9-15(24)12-18(16)25/h4,6-7,9-10,12-13H,5,8,11H2,1-3H3,(H,26,31)(H,27,30). The van der Waals surface area contributed by atoms with Gasteiger partial charge in [0.2, 0.25) is 5.91 Å². The fraction of sp³-hybridized carbons (Fsp3) is 0.304. The molecule has 0 aliphatic rings. The molecule has 0 bridgehead atoms. The number of halogens is 2. The number of anilines is 1. The lowest BCUT2D eigenvalue weighted by Gasteiger charge is -2.12. The second-order valence-corrected chi connectivity index (χ2v) is 7.64. The van der Waals surface area contributed by atoms with Gasteiger partial charge in [0, 0.05) is 24.9 Å². The summed E-state index contributed by atoms with van der Waals surface area (Å²) in [4.78, 5) is 28.9. The topological polar surface area (TPSA) is 97.1 Å². The van der Waals surface area contributed by atoms with Gasteiger partial charge in [-0.1, -0.05) is 31.1 Å². The Labute approximate surface area is 184 Å². The third-order valence-electron chi connectivity index (χ3n) is 4.77. The van der Waals surface area contributed by atoms with Gasteiger partial charge in [-0.25, -0.2) is 8.78 Å². The second kappa shape index (κ2) is 10.1. The number of hydrogen-bond donors (Lipinski definition) is 2. The Morgan fingerprint density at radius 1 is 1.16 bits per heavy atom. The molecule has 0 spiro atoms. The van der Waals surface area contributed by atoms with Gasteiger partial charge in [-0.05, 0) is 37.1 Å². The molecule has 168 valence electrons. The van der Waals surface area contributed by atoms with Crippen LogP contribution in [0.4, 0.5) is 14.5 Å². The summed E-state index contributed by atoms with van der Waals surface area (Å²) in [5, 5.41) is 9.36. The normalized spacial score (nSPS) is 10.9. The fourth-order valence-electron chi connectivity index (χ4n) is 3.01. The Bertz CT molecular complexity index is 1130. The van der Waals surface area contributed by atoms with Gasteiger partial charge in [-0.15, -0.1) is 0 Å². The first kappa shape index (κ1) is 23.1. The highest BCUT2D eigenvalue weighted by Gasteiger charge is 2.18. The smallest absolute Gasteiger partial charge is 0.260 e. The van der Waals surface area contributed by atoms with Gasteiger partial charge in [0.05, 0.1) is 16.8 Å². The molecule has 0 saturated carbocycles. The van der Waals surface area contributed by atoms with E-state index in [0.717, 1.165) is 17.7 Å². The monoisotopic (exact) mass is 442 g/mol. The number of carbonyl (C=O) groups excluding carboxylic acids is 2. The number of aryl methyl sites for hydroxylation is 1. The molecule has 0 radical (unpaired) electrons. The summed E-state index contributed by atoms with van der Waals surface area (Å²) in [5.41, 5.74) is 1.78. The molecular formula is C23H24F2N4O3. The molecule has 32 heavy (non-hydrogen) atoms. The largest absolute Gasteiger partial charge is 0.352 e. The van der Waals surface area contributed by atoms with Crippen LogP contribution in [0.2, 0.25) is 0 Å². The predicted octanol–water partition coefficient (Wildman–Crippen LogP) is 4.60. The van der Waals surface area contributed by atoms with Crippen molar-refractivity contribution in [1.82, 2.24) is 15.5 Å².